The molecular weight excluding hydrogens is 241 g/mol. The second kappa shape index (κ2) is 3.95. The second-order valence-electron chi connectivity index (χ2n) is 2.96. The van der Waals surface area contributed by atoms with Crippen molar-refractivity contribution in [3.05, 3.63) is 34.4 Å². The van der Waals surface area contributed by atoms with Crippen molar-refractivity contribution >= 4 is 0 Å². The summed E-state index contributed by atoms with van der Waals surface area (Å²) in [6, 6.07) is 0. The average Bonchev–Trinajstić information content (AvgIpc) is 2.13. The Hall–Kier alpha value is -1.27. The summed E-state index contributed by atoms with van der Waals surface area (Å²) in [5, 5.41) is 0. The first-order chi connectivity index (χ1) is 7.21. The predicted octanol–water partition coefficient (Wildman–Crippen LogP) is 3.82. The molecule has 0 aliphatic heterocycles. The summed E-state index contributed by atoms with van der Waals surface area (Å²) < 4.78 is 88.0. The molecule has 16 heavy (non-hydrogen) atoms. The molecule has 0 N–H and O–H groups in total. The normalized spacial score (nSPS) is 12.0. The zero-order valence-corrected chi connectivity index (χ0v) is 7.85. The molecular formula is C9H5F7. The summed E-state index contributed by atoms with van der Waals surface area (Å²) in [7, 11) is 0. The van der Waals surface area contributed by atoms with Gasteiger partial charge in [0, 0.05) is 5.56 Å². The molecule has 0 saturated carbocycles. The van der Waals surface area contributed by atoms with Gasteiger partial charge in [-0.05, 0) is 6.42 Å². The third kappa shape index (κ3) is 1.85. The monoisotopic (exact) mass is 246 g/mol. The van der Waals surface area contributed by atoms with Gasteiger partial charge in [-0.2, -0.15) is 13.2 Å². The Bertz CT molecular complexity index is 419. The minimum absolute atomic E-state index is 0.516. The van der Waals surface area contributed by atoms with Crippen LogP contribution in [0.4, 0.5) is 30.7 Å². The molecule has 90 valence electrons. The number of alkyl halides is 3. The Morgan fingerprint density at radius 3 is 1.69 bits per heavy atom. The molecule has 0 atom stereocenters. The fourth-order valence-corrected chi connectivity index (χ4v) is 1.24. The highest BCUT2D eigenvalue weighted by molar-refractivity contribution is 5.32. The van der Waals surface area contributed by atoms with Gasteiger partial charge in [0.2, 0.25) is 0 Å². The van der Waals surface area contributed by atoms with Crippen LogP contribution in [-0.2, 0) is 12.6 Å². The lowest BCUT2D eigenvalue weighted by atomic mass is 10.0. The molecule has 0 heterocycles. The maximum absolute atomic E-state index is 13.1. The standard InChI is InChI=1S/C9H5F7/c1-2-3-5(10)4(9(14,15)16)7(12)8(13)6(3)11/h2H2,1H3. The van der Waals surface area contributed by atoms with Gasteiger partial charge in [0.25, 0.3) is 0 Å². The van der Waals surface area contributed by atoms with Crippen molar-refractivity contribution in [1.82, 2.24) is 0 Å². The molecule has 0 aliphatic rings. The number of hydrogen-bond acceptors (Lipinski definition) is 0. The van der Waals surface area contributed by atoms with Gasteiger partial charge in [-0.1, -0.05) is 6.92 Å². The molecule has 0 aliphatic carbocycles. The maximum Gasteiger partial charge on any atom is 0.422 e. The summed E-state index contributed by atoms with van der Waals surface area (Å²) in [6.45, 7) is 1.12. The molecule has 0 unspecified atom stereocenters. The van der Waals surface area contributed by atoms with Crippen LogP contribution < -0.4 is 0 Å². The molecule has 0 aromatic heterocycles. The Kier molecular flexibility index (Phi) is 3.16. The predicted molar refractivity (Wildman–Crippen MR) is 40.7 cm³/mol. The van der Waals surface area contributed by atoms with Gasteiger partial charge in [-0.15, -0.1) is 0 Å². The third-order valence-corrected chi connectivity index (χ3v) is 1.99. The van der Waals surface area contributed by atoms with Crippen molar-refractivity contribution < 1.29 is 30.7 Å². The summed E-state index contributed by atoms with van der Waals surface area (Å²) in [5.41, 5.74) is -3.52. The van der Waals surface area contributed by atoms with Gasteiger partial charge in [-0.3, -0.25) is 0 Å². The smallest absolute Gasteiger partial charge is 0.206 e. The van der Waals surface area contributed by atoms with E-state index in [4.69, 9.17) is 0 Å². The largest absolute Gasteiger partial charge is 0.422 e. The van der Waals surface area contributed by atoms with Gasteiger partial charge in [0.05, 0.1) is 0 Å². The van der Waals surface area contributed by atoms with Crippen molar-refractivity contribution in [3.63, 3.8) is 0 Å². The molecule has 0 nitrogen and oxygen atoms in total. The van der Waals surface area contributed by atoms with E-state index in [1.54, 1.807) is 0 Å². The molecule has 1 aromatic carbocycles. The first-order valence-electron chi connectivity index (χ1n) is 4.13. The summed E-state index contributed by atoms with van der Waals surface area (Å²) in [4.78, 5) is 0. The van der Waals surface area contributed by atoms with E-state index in [1.807, 2.05) is 0 Å². The molecule has 0 fully saturated rings. The Morgan fingerprint density at radius 1 is 0.812 bits per heavy atom. The van der Waals surface area contributed by atoms with E-state index in [0.29, 0.717) is 0 Å². The fraction of sp³-hybridized carbons (Fsp3) is 0.333. The van der Waals surface area contributed by atoms with Crippen LogP contribution in [-0.4, -0.2) is 0 Å². The number of halogens is 7. The molecule has 0 saturated heterocycles. The van der Waals surface area contributed by atoms with Crippen LogP contribution in [0.1, 0.15) is 18.1 Å². The lowest BCUT2D eigenvalue weighted by Gasteiger charge is -2.13. The highest BCUT2D eigenvalue weighted by atomic mass is 19.4. The van der Waals surface area contributed by atoms with E-state index < -0.39 is 47.0 Å². The summed E-state index contributed by atoms with van der Waals surface area (Å²) in [6.07, 6.45) is -5.93. The van der Waals surface area contributed by atoms with Crippen LogP contribution in [0.5, 0.6) is 0 Å². The van der Waals surface area contributed by atoms with Crippen LogP contribution in [0, 0.1) is 23.3 Å². The van der Waals surface area contributed by atoms with E-state index >= 15 is 0 Å². The van der Waals surface area contributed by atoms with E-state index in [0.717, 1.165) is 6.92 Å². The fourth-order valence-electron chi connectivity index (χ4n) is 1.24. The first-order valence-corrected chi connectivity index (χ1v) is 4.13. The molecule has 0 amide bonds. The summed E-state index contributed by atoms with van der Waals surface area (Å²) in [5.74, 6) is -8.90. The van der Waals surface area contributed by atoms with E-state index in [1.165, 1.54) is 0 Å². The van der Waals surface area contributed by atoms with Gasteiger partial charge >= 0.3 is 6.18 Å². The van der Waals surface area contributed by atoms with E-state index in [-0.39, 0.29) is 0 Å². The minimum atomic E-state index is -5.41. The van der Waals surface area contributed by atoms with Gasteiger partial charge < -0.3 is 0 Å². The topological polar surface area (TPSA) is 0 Å². The number of rotatable bonds is 1. The third-order valence-electron chi connectivity index (χ3n) is 1.99. The quantitative estimate of drug-likeness (QED) is 0.401. The molecule has 1 rings (SSSR count). The second-order valence-corrected chi connectivity index (χ2v) is 2.96. The number of benzene rings is 1. The molecule has 0 bridgehead atoms. The zero-order valence-electron chi connectivity index (χ0n) is 7.85. The highest BCUT2D eigenvalue weighted by Gasteiger charge is 2.41. The van der Waals surface area contributed by atoms with Gasteiger partial charge in [0.15, 0.2) is 17.5 Å². The van der Waals surface area contributed by atoms with Crippen LogP contribution in [0.25, 0.3) is 0 Å². The molecule has 0 spiro atoms. The average molecular weight is 246 g/mol. The lowest BCUT2D eigenvalue weighted by molar-refractivity contribution is -0.143. The molecule has 1 aromatic rings. The molecule has 7 heteroatoms. The van der Waals surface area contributed by atoms with Crippen LogP contribution in [0.15, 0.2) is 0 Å². The van der Waals surface area contributed by atoms with Crippen LogP contribution in [0.2, 0.25) is 0 Å². The van der Waals surface area contributed by atoms with E-state index in [9.17, 15) is 30.7 Å². The summed E-state index contributed by atoms with van der Waals surface area (Å²) >= 11 is 0. The van der Waals surface area contributed by atoms with Crippen LogP contribution >= 0.6 is 0 Å². The Morgan fingerprint density at radius 2 is 1.31 bits per heavy atom. The van der Waals surface area contributed by atoms with Crippen molar-refractivity contribution in [2.75, 3.05) is 0 Å². The van der Waals surface area contributed by atoms with Crippen molar-refractivity contribution in [2.45, 2.75) is 19.5 Å². The minimum Gasteiger partial charge on any atom is -0.206 e. The van der Waals surface area contributed by atoms with Crippen LogP contribution in [0.3, 0.4) is 0 Å². The maximum atomic E-state index is 13.1. The van der Waals surface area contributed by atoms with Gasteiger partial charge in [0.1, 0.15) is 11.4 Å². The SMILES string of the molecule is CCc1c(F)c(F)c(F)c(C(F)(F)F)c1F. The van der Waals surface area contributed by atoms with Crippen molar-refractivity contribution in [3.8, 4) is 0 Å². The zero-order chi connectivity index (χ0) is 12.7. The van der Waals surface area contributed by atoms with Crippen molar-refractivity contribution in [1.29, 1.82) is 0 Å². The van der Waals surface area contributed by atoms with Gasteiger partial charge in [-0.25, -0.2) is 17.6 Å². The number of hydrogen-bond donors (Lipinski definition) is 0. The molecule has 0 radical (unpaired) electrons. The Balaban J connectivity index is 3.69. The lowest BCUT2D eigenvalue weighted by Crippen LogP contribution is -2.16. The highest BCUT2D eigenvalue weighted by Crippen LogP contribution is 2.36. The Labute approximate surface area is 85.7 Å². The van der Waals surface area contributed by atoms with E-state index in [2.05, 4.69) is 0 Å². The van der Waals surface area contributed by atoms with Crippen molar-refractivity contribution in [2.24, 2.45) is 0 Å². The first kappa shape index (κ1) is 12.8.